The summed E-state index contributed by atoms with van der Waals surface area (Å²) < 4.78 is 24.6. The number of morpholine rings is 1. The number of rotatable bonds is 22. The van der Waals surface area contributed by atoms with Crippen LogP contribution in [0.3, 0.4) is 0 Å². The molecular weight excluding hydrogens is 879 g/mol. The number of hydrogen-bond acceptors (Lipinski definition) is 18. The predicted molar refractivity (Wildman–Crippen MR) is 272 cm³/mol. The lowest BCUT2D eigenvalue weighted by Gasteiger charge is -2.28. The van der Waals surface area contributed by atoms with Crippen molar-refractivity contribution in [1.82, 2.24) is 14.8 Å². The summed E-state index contributed by atoms with van der Waals surface area (Å²) in [6.07, 6.45) is 10.0. The van der Waals surface area contributed by atoms with E-state index in [0.29, 0.717) is 103 Å². The van der Waals surface area contributed by atoms with Crippen LogP contribution in [0.4, 0.5) is 11.4 Å². The molecule has 19 nitrogen and oxygen atoms in total. The number of anilines is 1. The number of aromatic nitrogens is 1. The summed E-state index contributed by atoms with van der Waals surface area (Å²) in [7, 11) is 8.04. The molecule has 1 amide bonds. The van der Waals surface area contributed by atoms with Gasteiger partial charge in [0.25, 0.3) is 5.91 Å². The molecule has 0 saturated carbocycles. The molecule has 0 atom stereocenters. The highest BCUT2D eigenvalue weighted by atomic mass is 32.1. The Kier molecular flexibility index (Phi) is 29.8. The van der Waals surface area contributed by atoms with Gasteiger partial charge >= 0.3 is 0 Å². The van der Waals surface area contributed by atoms with E-state index in [4.69, 9.17) is 25.7 Å². The third-order valence-corrected chi connectivity index (χ3v) is 10.1. The Morgan fingerprint density at radius 2 is 1.57 bits per heavy atom. The second-order valence-electron chi connectivity index (χ2n) is 14.1. The van der Waals surface area contributed by atoms with Gasteiger partial charge in [-0.2, -0.15) is 0 Å². The van der Waals surface area contributed by atoms with E-state index in [1.54, 1.807) is 66.5 Å². The molecule has 0 radical (unpaired) electrons. The Labute approximate surface area is 398 Å². The van der Waals surface area contributed by atoms with E-state index in [-0.39, 0.29) is 12.4 Å². The first-order valence-corrected chi connectivity index (χ1v) is 22.4. The second kappa shape index (κ2) is 34.1. The van der Waals surface area contributed by atoms with Gasteiger partial charge in [0.05, 0.1) is 49.7 Å². The minimum absolute atomic E-state index is 0.0445. The minimum Gasteiger partial charge on any atom is -0.494 e. The molecule has 0 aliphatic carbocycles. The molecule has 0 spiro atoms. The van der Waals surface area contributed by atoms with Crippen molar-refractivity contribution in [3.05, 3.63) is 75.9 Å². The van der Waals surface area contributed by atoms with Crippen molar-refractivity contribution in [3.8, 4) is 11.5 Å². The third kappa shape index (κ3) is 20.4. The normalized spacial score (nSPS) is 13.6. The Bertz CT molecular complexity index is 2250. The van der Waals surface area contributed by atoms with Crippen LogP contribution < -0.4 is 41.7 Å². The van der Waals surface area contributed by atoms with Crippen molar-refractivity contribution in [2.24, 2.45) is 37.2 Å². The monoisotopic (exact) mass is 950 g/mol. The molecule has 368 valence electrons. The summed E-state index contributed by atoms with van der Waals surface area (Å²) in [6, 6.07) is 6.85. The molecular formula is C47H71N11O8S. The molecule has 67 heavy (non-hydrogen) atoms. The van der Waals surface area contributed by atoms with E-state index in [1.165, 1.54) is 24.5 Å². The third-order valence-electron chi connectivity index (χ3n) is 8.96. The number of benzene rings is 2. The lowest BCUT2D eigenvalue weighted by atomic mass is 10.1. The number of ether oxygens (including phenoxy) is 4. The fourth-order valence-corrected chi connectivity index (χ4v) is 7.32. The van der Waals surface area contributed by atoms with Crippen molar-refractivity contribution < 1.29 is 38.1 Å². The van der Waals surface area contributed by atoms with Gasteiger partial charge < -0.3 is 50.9 Å². The van der Waals surface area contributed by atoms with E-state index in [2.05, 4.69) is 47.4 Å². The number of nitrogens with two attached hydrogens (primary N) is 3. The Morgan fingerprint density at radius 3 is 2.12 bits per heavy atom. The fourth-order valence-electron chi connectivity index (χ4n) is 6.26. The molecule has 4 rings (SSSR count). The first-order chi connectivity index (χ1) is 32.4. The van der Waals surface area contributed by atoms with Crippen molar-refractivity contribution in [1.29, 1.82) is 0 Å². The zero-order valence-corrected chi connectivity index (χ0v) is 41.4. The lowest BCUT2D eigenvalue weighted by Crippen LogP contribution is -2.41. The molecule has 20 heteroatoms. The molecule has 1 saturated heterocycles. The van der Waals surface area contributed by atoms with E-state index in [1.807, 2.05) is 41.5 Å². The number of thiazole rings is 1. The Hall–Kier alpha value is -6.32. The topological polar surface area (TPSA) is 256 Å². The average molecular weight is 950 g/mol. The molecule has 2 heterocycles. The van der Waals surface area contributed by atoms with Gasteiger partial charge in [-0.05, 0) is 84.3 Å². The zero-order chi connectivity index (χ0) is 50.1. The maximum Gasteiger partial charge on any atom is 0.270 e. The number of amides is 1. The van der Waals surface area contributed by atoms with Crippen molar-refractivity contribution in [2.45, 2.75) is 40.7 Å². The predicted octanol–water partition coefficient (Wildman–Crippen LogP) is 4.11. The van der Waals surface area contributed by atoms with Crippen LogP contribution >= 0.6 is 11.3 Å². The number of aliphatic imine (C=N–C) groups is 3. The molecule has 7 N–H and O–H groups in total. The highest BCUT2D eigenvalue weighted by Gasteiger charge is 2.21. The zero-order valence-electron chi connectivity index (χ0n) is 40.6. The van der Waals surface area contributed by atoms with E-state index < -0.39 is 5.91 Å². The number of carbonyl (C=O) groups excluding carboxylic acids is 4. The Balaban J connectivity index is 0.00000130. The summed E-state index contributed by atoms with van der Waals surface area (Å²) >= 11 is 1.46. The van der Waals surface area contributed by atoms with Gasteiger partial charge in [0, 0.05) is 89.6 Å². The molecule has 1 aliphatic rings. The average Bonchev–Trinajstić information content (AvgIpc) is 3.70. The molecule has 1 fully saturated rings. The summed E-state index contributed by atoms with van der Waals surface area (Å²) in [5.41, 5.74) is 20.1. The van der Waals surface area contributed by atoms with Gasteiger partial charge in [0.1, 0.15) is 41.0 Å². The standard InChI is InChI=1S/C37H48N8O6S.C7H12N2O.C2H6O.CH5N/c1-6-41-30(18-26(2)38)36(48)42-25-44(11-7-8-12-45-35-31(49-5)20-28(24-47)22-33(35)52-37(45)40-4)34-29(39-3)19-27(23-46)21-32(34)51-15-9-10-43-13-16-50-17-14-43;1-3-9-7(5-10)4-6(2)8;1-3-2;1-2/h7-8,18-24H,3,6,9-17,25,38H2,1-2,4-5H3,(H,42,48);4-5H,3,8H2,1-2H3;1-2H3;2H2,1H3/b8-7+,26-18-,40-37?,41-30?;6-4-,9-7?;;. The number of nitrogens with zero attached hydrogens (tertiary/aromatic N) is 7. The maximum absolute atomic E-state index is 13.3. The summed E-state index contributed by atoms with van der Waals surface area (Å²) in [5, 5.41) is 2.96. The van der Waals surface area contributed by atoms with Crippen LogP contribution in [0.25, 0.3) is 10.2 Å². The molecule has 1 aliphatic heterocycles. The molecule has 1 aromatic heterocycles. The van der Waals surface area contributed by atoms with Crippen LogP contribution in [0.15, 0.2) is 79.9 Å². The van der Waals surface area contributed by atoms with Gasteiger partial charge in [-0.1, -0.05) is 23.5 Å². The van der Waals surface area contributed by atoms with E-state index in [9.17, 15) is 19.2 Å². The molecule has 0 bridgehead atoms. The highest BCUT2D eigenvalue weighted by Crippen LogP contribution is 2.39. The quantitative estimate of drug-likeness (QED) is 0.0364. The van der Waals surface area contributed by atoms with Crippen LogP contribution in [-0.4, -0.2) is 154 Å². The van der Waals surface area contributed by atoms with Crippen LogP contribution in [-0.2, 0) is 25.6 Å². The number of methoxy groups -OCH3 is 2. The number of nitrogens with one attached hydrogen (secondary N) is 1. The van der Waals surface area contributed by atoms with E-state index >= 15 is 0 Å². The number of hydrogen-bond donors (Lipinski definition) is 4. The number of allylic oxidation sites excluding steroid dienone is 4. The smallest absolute Gasteiger partial charge is 0.270 e. The number of fused-ring (bicyclic) bond motifs is 1. The largest absolute Gasteiger partial charge is 0.494 e. The van der Waals surface area contributed by atoms with E-state index in [0.717, 1.165) is 53.6 Å². The van der Waals surface area contributed by atoms with Gasteiger partial charge in [0.2, 0.25) is 0 Å². The molecule has 0 unspecified atom stereocenters. The summed E-state index contributed by atoms with van der Waals surface area (Å²) in [6.45, 7) is 17.1. The first kappa shape index (κ1) is 58.7. The lowest BCUT2D eigenvalue weighted by molar-refractivity contribution is -0.114. The minimum atomic E-state index is -0.400. The highest BCUT2D eigenvalue weighted by molar-refractivity contribution is 7.16. The maximum atomic E-state index is 13.3. The summed E-state index contributed by atoms with van der Waals surface area (Å²) in [4.78, 5) is 68.9. The number of aldehydes is 3. The first-order valence-electron chi connectivity index (χ1n) is 21.6. The van der Waals surface area contributed by atoms with Gasteiger partial charge in [-0.15, -0.1) is 0 Å². The Morgan fingerprint density at radius 1 is 0.940 bits per heavy atom. The second-order valence-corrected chi connectivity index (χ2v) is 15.2. The van der Waals surface area contributed by atoms with Gasteiger partial charge in [-0.25, -0.2) is 0 Å². The van der Waals surface area contributed by atoms with Crippen LogP contribution in [0.2, 0.25) is 0 Å². The van der Waals surface area contributed by atoms with Crippen molar-refractivity contribution >= 4 is 75.8 Å². The fraction of sp³-hybridized carbons (Fsp3) is 0.447. The van der Waals surface area contributed by atoms with Crippen molar-refractivity contribution in [3.63, 3.8) is 0 Å². The van der Waals surface area contributed by atoms with Crippen LogP contribution in [0.5, 0.6) is 11.5 Å². The molecule has 3 aromatic rings. The van der Waals surface area contributed by atoms with Crippen LogP contribution in [0, 0.1) is 0 Å². The van der Waals surface area contributed by atoms with Gasteiger partial charge in [0.15, 0.2) is 11.1 Å². The van der Waals surface area contributed by atoms with Crippen LogP contribution in [0.1, 0.15) is 54.8 Å². The SMILES string of the molecule is C=Nc1cc(C=O)cc(OCCCN2CCOCC2)c1N(C/C=C/Cn1c(=NC)sc2cc(C=O)cc(OC)c21)CNC(=O)C(/C=C(/C)N)=NCC.CCN=C(C=O)/C=C(/C)N.CN.COC. The molecule has 2 aromatic carbocycles. The van der Waals surface area contributed by atoms with Crippen molar-refractivity contribution in [2.75, 3.05) is 106 Å². The summed E-state index contributed by atoms with van der Waals surface area (Å²) in [5.74, 6) is 0.613. The number of carbonyl (C=O) groups is 4. The van der Waals surface area contributed by atoms with Gasteiger partial charge in [-0.3, -0.25) is 44.0 Å².